The summed E-state index contributed by atoms with van der Waals surface area (Å²) in [7, 11) is 0. The third kappa shape index (κ3) is 8.02. The molecule has 0 radical (unpaired) electrons. The molecule has 1 heterocycles. The Morgan fingerprint density at radius 2 is 1.91 bits per heavy atom. The van der Waals surface area contributed by atoms with Crippen LogP contribution in [0.25, 0.3) is 0 Å². The van der Waals surface area contributed by atoms with Crippen molar-refractivity contribution in [3.8, 4) is 5.75 Å². The van der Waals surface area contributed by atoms with Crippen LogP contribution in [0.5, 0.6) is 5.75 Å². The first-order valence-corrected chi connectivity index (χ1v) is 11.1. The average Bonchev–Trinajstić information content (AvgIpc) is 2.72. The zero-order valence-corrected chi connectivity index (χ0v) is 20.9. The number of piperazine rings is 1. The molecule has 3 rings (SSSR count). The van der Waals surface area contributed by atoms with Crippen LogP contribution < -0.4 is 15.4 Å². The van der Waals surface area contributed by atoms with Gasteiger partial charge in [-0.2, -0.15) is 8.78 Å². The van der Waals surface area contributed by atoms with Gasteiger partial charge in [0.2, 0.25) is 5.91 Å². The van der Waals surface area contributed by atoms with E-state index in [9.17, 15) is 13.6 Å². The van der Waals surface area contributed by atoms with Gasteiger partial charge in [0.15, 0.2) is 5.96 Å². The third-order valence-electron chi connectivity index (χ3n) is 5.80. The van der Waals surface area contributed by atoms with Crippen molar-refractivity contribution in [3.05, 3.63) is 29.8 Å². The van der Waals surface area contributed by atoms with Crippen LogP contribution in [0.15, 0.2) is 29.3 Å². The van der Waals surface area contributed by atoms with Gasteiger partial charge in [-0.05, 0) is 25.8 Å². The fraction of sp³-hybridized carbons (Fsp3) is 0.636. The first kappa shape index (κ1) is 26.6. The lowest BCUT2D eigenvalue weighted by Gasteiger charge is -2.38. The van der Waals surface area contributed by atoms with E-state index in [1.807, 2.05) is 11.8 Å². The van der Waals surface area contributed by atoms with Gasteiger partial charge in [0.1, 0.15) is 5.75 Å². The first-order valence-electron chi connectivity index (χ1n) is 11.1. The van der Waals surface area contributed by atoms with Crippen LogP contribution in [0.3, 0.4) is 0 Å². The number of hydrogen-bond donors (Lipinski definition) is 2. The number of hydrogen-bond acceptors (Lipinski definition) is 4. The number of carbonyl (C=O) groups is 1. The van der Waals surface area contributed by atoms with Gasteiger partial charge in [-0.1, -0.05) is 24.6 Å². The Kier molecular flexibility index (Phi) is 11.4. The standard InChI is InChI=1S/C22H33F2N5O2.HI/c1-2-25-22(27-16-18-6-3-4-9-19(18)31-21(23)24)26-10-11-28-12-14-29(15-13-28)20(30)17-7-5-8-17;/h3-4,6,9,17,21H,2,5,7-8,10-16H2,1H3,(H2,25,26,27);1H. The summed E-state index contributed by atoms with van der Waals surface area (Å²) in [6, 6.07) is 6.69. The van der Waals surface area contributed by atoms with E-state index in [2.05, 4.69) is 25.3 Å². The van der Waals surface area contributed by atoms with Gasteiger partial charge in [0, 0.05) is 57.3 Å². The summed E-state index contributed by atoms with van der Waals surface area (Å²) < 4.78 is 29.7. The summed E-state index contributed by atoms with van der Waals surface area (Å²) in [5.41, 5.74) is 0.604. The molecular formula is C22H34F2IN5O2. The Balaban J connectivity index is 0.00000363. The van der Waals surface area contributed by atoms with E-state index in [1.54, 1.807) is 18.2 Å². The monoisotopic (exact) mass is 565 g/mol. The van der Waals surface area contributed by atoms with Crippen LogP contribution in [-0.2, 0) is 11.3 Å². The summed E-state index contributed by atoms with van der Waals surface area (Å²) in [5, 5.41) is 6.47. The quantitative estimate of drug-likeness (QED) is 0.274. The molecule has 1 aliphatic heterocycles. The number of alkyl halides is 2. The molecule has 0 spiro atoms. The van der Waals surface area contributed by atoms with Crippen molar-refractivity contribution in [2.45, 2.75) is 39.3 Å². The Labute approximate surface area is 206 Å². The molecule has 0 unspecified atom stereocenters. The van der Waals surface area contributed by atoms with E-state index in [1.165, 1.54) is 12.5 Å². The van der Waals surface area contributed by atoms with Crippen molar-refractivity contribution in [2.75, 3.05) is 45.8 Å². The van der Waals surface area contributed by atoms with Gasteiger partial charge < -0.3 is 20.3 Å². The molecule has 2 N–H and O–H groups in total. The lowest BCUT2D eigenvalue weighted by molar-refractivity contribution is -0.139. The zero-order chi connectivity index (χ0) is 22.1. The number of nitrogens with zero attached hydrogens (tertiary/aromatic N) is 3. The predicted octanol–water partition coefficient (Wildman–Crippen LogP) is 2.91. The van der Waals surface area contributed by atoms with Gasteiger partial charge in [-0.15, -0.1) is 24.0 Å². The number of carbonyl (C=O) groups excluding carboxylic acids is 1. The van der Waals surface area contributed by atoms with E-state index in [0.717, 1.165) is 45.6 Å². The molecule has 1 aromatic rings. The number of aliphatic imine (C=N–C) groups is 1. The molecule has 1 saturated heterocycles. The molecule has 0 bridgehead atoms. The number of guanidine groups is 1. The van der Waals surface area contributed by atoms with Gasteiger partial charge in [-0.25, -0.2) is 4.99 Å². The Morgan fingerprint density at radius 1 is 1.19 bits per heavy atom. The summed E-state index contributed by atoms with van der Waals surface area (Å²) in [5.74, 6) is 1.38. The molecule has 1 aliphatic carbocycles. The van der Waals surface area contributed by atoms with Crippen LogP contribution in [0.4, 0.5) is 8.78 Å². The molecule has 1 amide bonds. The van der Waals surface area contributed by atoms with E-state index in [0.29, 0.717) is 30.5 Å². The summed E-state index contributed by atoms with van der Waals surface area (Å²) in [6.07, 6.45) is 3.28. The molecule has 10 heteroatoms. The maximum Gasteiger partial charge on any atom is 0.387 e. The summed E-state index contributed by atoms with van der Waals surface area (Å²) in [6.45, 7) is 4.96. The van der Waals surface area contributed by atoms with E-state index in [4.69, 9.17) is 0 Å². The second kappa shape index (κ2) is 13.8. The lowest BCUT2D eigenvalue weighted by atomic mass is 9.84. The number of amides is 1. The van der Waals surface area contributed by atoms with Crippen molar-refractivity contribution < 1.29 is 18.3 Å². The summed E-state index contributed by atoms with van der Waals surface area (Å²) >= 11 is 0. The Morgan fingerprint density at radius 3 is 2.53 bits per heavy atom. The van der Waals surface area contributed by atoms with Gasteiger partial charge in [-0.3, -0.25) is 9.69 Å². The normalized spacial score (nSPS) is 17.5. The maximum atomic E-state index is 12.6. The molecule has 180 valence electrons. The highest BCUT2D eigenvalue weighted by atomic mass is 127. The average molecular weight is 565 g/mol. The van der Waals surface area contributed by atoms with E-state index in [-0.39, 0.29) is 42.2 Å². The number of halogens is 3. The highest BCUT2D eigenvalue weighted by Crippen LogP contribution is 2.28. The first-order chi connectivity index (χ1) is 15.1. The minimum absolute atomic E-state index is 0. The van der Waals surface area contributed by atoms with Crippen LogP contribution in [-0.4, -0.2) is 74.1 Å². The van der Waals surface area contributed by atoms with Gasteiger partial charge >= 0.3 is 6.61 Å². The van der Waals surface area contributed by atoms with E-state index < -0.39 is 6.61 Å². The molecule has 0 atom stereocenters. The molecular weight excluding hydrogens is 531 g/mol. The number of rotatable bonds is 9. The molecule has 2 aliphatic rings. The molecule has 1 saturated carbocycles. The van der Waals surface area contributed by atoms with Crippen LogP contribution >= 0.6 is 24.0 Å². The topological polar surface area (TPSA) is 69.2 Å². The van der Waals surface area contributed by atoms with Gasteiger partial charge in [0.25, 0.3) is 0 Å². The lowest BCUT2D eigenvalue weighted by Crippen LogP contribution is -2.52. The Hall–Kier alpha value is -1.69. The SMILES string of the molecule is CCNC(=NCc1ccccc1OC(F)F)NCCN1CCN(C(=O)C2CCC2)CC1.I. The largest absolute Gasteiger partial charge is 0.434 e. The molecule has 7 nitrogen and oxygen atoms in total. The fourth-order valence-corrected chi connectivity index (χ4v) is 3.79. The second-order valence-corrected chi connectivity index (χ2v) is 7.90. The number of benzene rings is 1. The number of ether oxygens (including phenoxy) is 1. The van der Waals surface area contributed by atoms with Crippen molar-refractivity contribution in [2.24, 2.45) is 10.9 Å². The number of nitrogens with one attached hydrogen (secondary N) is 2. The highest BCUT2D eigenvalue weighted by Gasteiger charge is 2.31. The van der Waals surface area contributed by atoms with E-state index >= 15 is 0 Å². The molecule has 32 heavy (non-hydrogen) atoms. The minimum atomic E-state index is -2.86. The predicted molar refractivity (Wildman–Crippen MR) is 132 cm³/mol. The van der Waals surface area contributed by atoms with Crippen LogP contribution in [0.1, 0.15) is 31.7 Å². The highest BCUT2D eigenvalue weighted by molar-refractivity contribution is 14.0. The Bertz CT molecular complexity index is 741. The van der Waals surface area contributed by atoms with Crippen LogP contribution in [0.2, 0.25) is 0 Å². The van der Waals surface area contributed by atoms with Crippen molar-refractivity contribution >= 4 is 35.8 Å². The molecule has 1 aromatic carbocycles. The maximum absolute atomic E-state index is 12.6. The molecule has 2 fully saturated rings. The number of para-hydroxylation sites is 1. The zero-order valence-electron chi connectivity index (χ0n) is 18.6. The third-order valence-corrected chi connectivity index (χ3v) is 5.80. The van der Waals surface area contributed by atoms with Gasteiger partial charge in [0.05, 0.1) is 6.54 Å². The summed E-state index contributed by atoms with van der Waals surface area (Å²) in [4.78, 5) is 21.2. The van der Waals surface area contributed by atoms with Crippen molar-refractivity contribution in [1.82, 2.24) is 20.4 Å². The van der Waals surface area contributed by atoms with Crippen molar-refractivity contribution in [3.63, 3.8) is 0 Å². The smallest absolute Gasteiger partial charge is 0.387 e. The van der Waals surface area contributed by atoms with Crippen LogP contribution in [0, 0.1) is 5.92 Å². The molecule has 0 aromatic heterocycles. The fourth-order valence-electron chi connectivity index (χ4n) is 3.79. The van der Waals surface area contributed by atoms with Crippen molar-refractivity contribution in [1.29, 1.82) is 0 Å². The minimum Gasteiger partial charge on any atom is -0.434 e. The second-order valence-electron chi connectivity index (χ2n) is 7.90.